The summed E-state index contributed by atoms with van der Waals surface area (Å²) in [6.07, 6.45) is 2.29. The van der Waals surface area contributed by atoms with Gasteiger partial charge in [-0.25, -0.2) is 0 Å². The summed E-state index contributed by atoms with van der Waals surface area (Å²) >= 11 is 5.27. The number of thiocarbonyl (C=S) groups is 1. The first kappa shape index (κ1) is 17.6. The molecule has 1 heterocycles. The summed E-state index contributed by atoms with van der Waals surface area (Å²) in [6.45, 7) is 2.02. The summed E-state index contributed by atoms with van der Waals surface area (Å²) in [6, 6.07) is 11.4. The van der Waals surface area contributed by atoms with Gasteiger partial charge in [-0.05, 0) is 54.0 Å². The second-order valence-corrected chi connectivity index (χ2v) is 6.04. The van der Waals surface area contributed by atoms with E-state index in [1.54, 1.807) is 6.07 Å². The van der Waals surface area contributed by atoms with E-state index in [4.69, 9.17) is 12.2 Å². The summed E-state index contributed by atoms with van der Waals surface area (Å²) in [5.41, 5.74) is 1.91. The van der Waals surface area contributed by atoms with Gasteiger partial charge in [0.1, 0.15) is 5.70 Å². The summed E-state index contributed by atoms with van der Waals surface area (Å²) in [7, 11) is 0. The van der Waals surface area contributed by atoms with Crippen molar-refractivity contribution in [2.24, 2.45) is 0 Å². The zero-order chi connectivity index (χ0) is 18.8. The van der Waals surface area contributed by atoms with E-state index < -0.39 is 16.4 Å². The molecule has 0 bridgehead atoms. The second kappa shape index (κ2) is 6.93. The van der Waals surface area contributed by atoms with Gasteiger partial charge in [0.25, 0.3) is 5.91 Å². The van der Waals surface area contributed by atoms with Crippen LogP contribution in [0, 0.1) is 10.1 Å². The molecular formula is C18H15N3O4S. The molecule has 0 saturated carbocycles. The number of carbonyl (C=O) groups excluding carboxylic acids is 1. The van der Waals surface area contributed by atoms with Gasteiger partial charge in [-0.2, -0.15) is 0 Å². The fraction of sp³-hybridized carbons (Fsp3) is 0.111. The summed E-state index contributed by atoms with van der Waals surface area (Å²) in [4.78, 5) is 24.4. The number of aryl methyl sites for hydroxylation is 1. The Bertz CT molecular complexity index is 955. The van der Waals surface area contributed by atoms with Gasteiger partial charge in [-0.3, -0.25) is 19.8 Å². The number of hydrogen-bond donors (Lipinski definition) is 2. The molecule has 0 unspecified atom stereocenters. The van der Waals surface area contributed by atoms with Crippen LogP contribution in [0.1, 0.15) is 18.1 Å². The number of hydrogen-bond acceptors (Lipinski definition) is 5. The minimum atomic E-state index is -0.686. The Morgan fingerprint density at radius 3 is 2.77 bits per heavy atom. The lowest BCUT2D eigenvalue weighted by atomic mass is 10.1. The molecule has 8 heteroatoms. The van der Waals surface area contributed by atoms with Gasteiger partial charge in [-0.15, -0.1) is 0 Å². The summed E-state index contributed by atoms with van der Waals surface area (Å²) < 4.78 is 0. The van der Waals surface area contributed by atoms with Crippen LogP contribution in [0.4, 0.5) is 11.4 Å². The summed E-state index contributed by atoms with van der Waals surface area (Å²) in [5.74, 6) is -0.782. The number of nitrogens with one attached hydrogen (secondary N) is 1. The third-order valence-corrected chi connectivity index (χ3v) is 4.25. The van der Waals surface area contributed by atoms with Crippen LogP contribution in [0.15, 0.2) is 48.2 Å². The number of amides is 1. The van der Waals surface area contributed by atoms with Crippen molar-refractivity contribution in [3.05, 3.63) is 69.4 Å². The van der Waals surface area contributed by atoms with Gasteiger partial charge in [0.2, 0.25) is 0 Å². The largest absolute Gasteiger partial charge is 0.502 e. The number of phenols is 1. The normalized spacial score (nSPS) is 15.4. The van der Waals surface area contributed by atoms with Crippen molar-refractivity contribution >= 4 is 40.7 Å². The molecule has 0 aromatic heterocycles. The van der Waals surface area contributed by atoms with Gasteiger partial charge < -0.3 is 10.4 Å². The first-order valence-corrected chi connectivity index (χ1v) is 8.25. The maximum atomic E-state index is 12.7. The van der Waals surface area contributed by atoms with Crippen LogP contribution in [0.25, 0.3) is 6.08 Å². The monoisotopic (exact) mass is 369 g/mol. The van der Waals surface area contributed by atoms with E-state index in [0.717, 1.165) is 12.0 Å². The Balaban J connectivity index is 1.95. The van der Waals surface area contributed by atoms with E-state index >= 15 is 0 Å². The van der Waals surface area contributed by atoms with Crippen LogP contribution in [-0.2, 0) is 11.2 Å². The van der Waals surface area contributed by atoms with Crippen molar-refractivity contribution < 1.29 is 14.8 Å². The zero-order valence-electron chi connectivity index (χ0n) is 13.8. The number of carbonyl (C=O) groups is 1. The Kier molecular flexibility index (Phi) is 4.68. The molecule has 1 fully saturated rings. The molecule has 2 N–H and O–H groups in total. The van der Waals surface area contributed by atoms with Gasteiger partial charge >= 0.3 is 5.69 Å². The molecule has 0 atom stereocenters. The predicted octanol–water partition coefficient (Wildman–Crippen LogP) is 3.13. The number of nitrogens with zero attached hydrogens (tertiary/aromatic N) is 2. The molecule has 26 heavy (non-hydrogen) atoms. The number of aromatic hydroxyl groups is 1. The molecule has 1 amide bonds. The molecule has 0 spiro atoms. The third-order valence-electron chi connectivity index (χ3n) is 3.96. The van der Waals surface area contributed by atoms with Crippen molar-refractivity contribution in [1.82, 2.24) is 5.32 Å². The molecule has 0 radical (unpaired) electrons. The highest BCUT2D eigenvalue weighted by Crippen LogP contribution is 2.28. The fourth-order valence-corrected chi connectivity index (χ4v) is 2.93. The smallest absolute Gasteiger partial charge is 0.311 e. The molecule has 7 nitrogen and oxygen atoms in total. The minimum Gasteiger partial charge on any atom is -0.502 e. The molecule has 1 saturated heterocycles. The van der Waals surface area contributed by atoms with Crippen LogP contribution >= 0.6 is 12.2 Å². The molecule has 1 aliphatic rings. The van der Waals surface area contributed by atoms with Crippen LogP contribution in [0.5, 0.6) is 5.75 Å². The van der Waals surface area contributed by atoms with Gasteiger partial charge in [0.15, 0.2) is 10.9 Å². The lowest BCUT2D eigenvalue weighted by Crippen LogP contribution is -2.30. The van der Waals surface area contributed by atoms with E-state index in [0.29, 0.717) is 11.3 Å². The fourth-order valence-electron chi connectivity index (χ4n) is 2.63. The molecule has 2 aromatic rings. The number of anilines is 1. The van der Waals surface area contributed by atoms with Crippen LogP contribution in [0.2, 0.25) is 0 Å². The van der Waals surface area contributed by atoms with Crippen molar-refractivity contribution in [1.29, 1.82) is 0 Å². The molecule has 0 aliphatic carbocycles. The van der Waals surface area contributed by atoms with Crippen LogP contribution < -0.4 is 10.2 Å². The van der Waals surface area contributed by atoms with Crippen molar-refractivity contribution in [3.8, 4) is 5.75 Å². The highest BCUT2D eigenvalue weighted by Gasteiger charge is 2.32. The first-order valence-electron chi connectivity index (χ1n) is 7.84. The summed E-state index contributed by atoms with van der Waals surface area (Å²) in [5, 5.41) is 23.5. The first-order chi connectivity index (χ1) is 12.4. The maximum Gasteiger partial charge on any atom is 0.311 e. The highest BCUT2D eigenvalue weighted by molar-refractivity contribution is 7.80. The zero-order valence-corrected chi connectivity index (χ0v) is 14.6. The van der Waals surface area contributed by atoms with E-state index in [2.05, 4.69) is 5.32 Å². The number of benzene rings is 2. The van der Waals surface area contributed by atoms with E-state index in [1.165, 1.54) is 29.2 Å². The van der Waals surface area contributed by atoms with Gasteiger partial charge in [0.05, 0.1) is 10.6 Å². The van der Waals surface area contributed by atoms with Gasteiger partial charge in [-0.1, -0.05) is 25.1 Å². The molecule has 3 rings (SSSR count). The Labute approximate surface area is 154 Å². The second-order valence-electron chi connectivity index (χ2n) is 5.66. The molecular weight excluding hydrogens is 354 g/mol. The topological polar surface area (TPSA) is 95.7 Å². The van der Waals surface area contributed by atoms with Crippen molar-refractivity contribution in [2.75, 3.05) is 4.90 Å². The Hall–Kier alpha value is -3.26. The quantitative estimate of drug-likeness (QED) is 0.372. The highest BCUT2D eigenvalue weighted by atomic mass is 32.1. The Morgan fingerprint density at radius 2 is 2.08 bits per heavy atom. The predicted molar refractivity (Wildman–Crippen MR) is 102 cm³/mol. The number of nitro groups is 1. The standard InChI is InChI=1S/C18H15N3O4S/c1-2-11-4-3-5-13(8-11)20-17(23)14(19-18(20)26)9-12-6-7-16(22)15(10-12)21(24)25/h3-10,22H,2H2,1H3,(H,19,26)/b14-9+. The van der Waals surface area contributed by atoms with Crippen LogP contribution in [-0.4, -0.2) is 21.0 Å². The van der Waals surface area contributed by atoms with Crippen LogP contribution in [0.3, 0.4) is 0 Å². The minimum absolute atomic E-state index is 0.205. The average Bonchev–Trinajstić information content (AvgIpc) is 2.90. The number of phenolic OH excluding ortho intramolecular Hbond substituents is 1. The number of rotatable bonds is 4. The molecule has 132 valence electrons. The SMILES string of the molecule is CCc1cccc(N2C(=O)/C(=C\c3ccc(O)c([N+](=O)[O-])c3)NC2=S)c1. The lowest BCUT2D eigenvalue weighted by molar-refractivity contribution is -0.385. The van der Waals surface area contributed by atoms with Crippen molar-refractivity contribution in [2.45, 2.75) is 13.3 Å². The number of nitro benzene ring substituents is 1. The Morgan fingerprint density at radius 1 is 1.31 bits per heavy atom. The molecule has 2 aromatic carbocycles. The average molecular weight is 369 g/mol. The van der Waals surface area contributed by atoms with E-state index in [-0.39, 0.29) is 16.7 Å². The van der Waals surface area contributed by atoms with Gasteiger partial charge in [0, 0.05) is 6.07 Å². The maximum absolute atomic E-state index is 12.7. The molecule has 1 aliphatic heterocycles. The third kappa shape index (κ3) is 3.27. The van der Waals surface area contributed by atoms with E-state index in [9.17, 15) is 20.0 Å². The van der Waals surface area contributed by atoms with E-state index in [1.807, 2.05) is 25.1 Å². The van der Waals surface area contributed by atoms with Crippen molar-refractivity contribution in [3.63, 3.8) is 0 Å². The lowest BCUT2D eigenvalue weighted by Gasteiger charge is -2.14.